The highest BCUT2D eigenvalue weighted by Gasteiger charge is 2.11. The molecule has 1 heterocycles. The Kier molecular flexibility index (Phi) is 3.09. The van der Waals surface area contributed by atoms with Gasteiger partial charge in [0, 0.05) is 11.8 Å². The number of aromatic nitrogens is 2. The van der Waals surface area contributed by atoms with Gasteiger partial charge in [-0.3, -0.25) is 0 Å². The largest absolute Gasteiger partial charge is 0.488 e. The van der Waals surface area contributed by atoms with E-state index in [9.17, 15) is 0 Å². The molecule has 17 heavy (non-hydrogen) atoms. The number of hydrogen-bond donors (Lipinski definition) is 0. The first kappa shape index (κ1) is 11.6. The van der Waals surface area contributed by atoms with Crippen molar-refractivity contribution >= 4 is 0 Å². The first-order valence-electron chi connectivity index (χ1n) is 5.53. The molecule has 0 saturated heterocycles. The van der Waals surface area contributed by atoms with E-state index in [1.54, 1.807) is 12.3 Å². The minimum absolute atomic E-state index is 0.182. The number of hydrogen-bond acceptors (Lipinski definition) is 3. The topological polar surface area (TPSA) is 35.0 Å². The first-order valence-corrected chi connectivity index (χ1v) is 5.53. The molecule has 0 spiro atoms. The summed E-state index contributed by atoms with van der Waals surface area (Å²) < 4.78 is 5.74. The lowest BCUT2D eigenvalue weighted by Gasteiger charge is -2.21. The van der Waals surface area contributed by atoms with Crippen molar-refractivity contribution in [3.05, 3.63) is 42.7 Å². The van der Waals surface area contributed by atoms with Crippen LogP contribution >= 0.6 is 0 Å². The Morgan fingerprint density at radius 1 is 1.12 bits per heavy atom. The second-order valence-corrected chi connectivity index (χ2v) is 4.75. The maximum Gasteiger partial charge on any atom is 0.159 e. The van der Waals surface area contributed by atoms with Crippen LogP contribution in [0, 0.1) is 6.20 Å². The van der Waals surface area contributed by atoms with Crippen molar-refractivity contribution in [2.45, 2.75) is 26.4 Å². The number of benzene rings is 1. The van der Waals surface area contributed by atoms with Crippen molar-refractivity contribution in [1.82, 2.24) is 9.97 Å². The number of rotatable bonds is 2. The summed E-state index contributed by atoms with van der Waals surface area (Å²) in [6.45, 7) is 6.07. The summed E-state index contributed by atoms with van der Waals surface area (Å²) in [4.78, 5) is 8.25. The molecule has 2 rings (SSSR count). The molecule has 0 N–H and O–H groups in total. The molecule has 0 unspecified atom stereocenters. The van der Waals surface area contributed by atoms with Gasteiger partial charge in [-0.15, -0.1) is 0 Å². The molecule has 1 aromatic heterocycles. The van der Waals surface area contributed by atoms with Gasteiger partial charge in [0.25, 0.3) is 0 Å². The van der Waals surface area contributed by atoms with Crippen LogP contribution in [0.25, 0.3) is 11.4 Å². The minimum atomic E-state index is -0.182. The van der Waals surface area contributed by atoms with Gasteiger partial charge < -0.3 is 4.74 Å². The summed E-state index contributed by atoms with van der Waals surface area (Å²) in [5, 5.41) is 0. The van der Waals surface area contributed by atoms with Gasteiger partial charge in [-0.05, 0) is 51.1 Å². The summed E-state index contributed by atoms with van der Waals surface area (Å²) >= 11 is 0. The molecule has 3 heteroatoms. The molecule has 0 amide bonds. The standard InChI is InChI=1S/C14H15N2O/c1-14(2,3)17-12-7-5-11(6-8-12)13-15-9-4-10-16-13/h4-9H,1-3H3. The Hall–Kier alpha value is -1.90. The molecule has 0 atom stereocenters. The van der Waals surface area contributed by atoms with Crippen LogP contribution in [0.2, 0.25) is 0 Å². The van der Waals surface area contributed by atoms with Crippen LogP contribution in [0.4, 0.5) is 0 Å². The normalized spacial score (nSPS) is 11.2. The average molecular weight is 227 g/mol. The fourth-order valence-electron chi connectivity index (χ4n) is 1.43. The van der Waals surface area contributed by atoms with Crippen molar-refractivity contribution in [1.29, 1.82) is 0 Å². The lowest BCUT2D eigenvalue weighted by molar-refractivity contribution is 0.131. The fraction of sp³-hybridized carbons (Fsp3) is 0.286. The molecule has 0 aliphatic rings. The van der Waals surface area contributed by atoms with E-state index in [1.807, 2.05) is 45.0 Å². The van der Waals surface area contributed by atoms with Gasteiger partial charge in [0.2, 0.25) is 0 Å². The minimum Gasteiger partial charge on any atom is -0.488 e. The predicted molar refractivity (Wildman–Crippen MR) is 66.7 cm³/mol. The maximum absolute atomic E-state index is 5.74. The lowest BCUT2D eigenvalue weighted by atomic mass is 10.1. The lowest BCUT2D eigenvalue weighted by Crippen LogP contribution is -2.22. The van der Waals surface area contributed by atoms with Crippen LogP contribution in [0.15, 0.2) is 36.5 Å². The Bertz CT molecular complexity index is 472. The van der Waals surface area contributed by atoms with E-state index in [4.69, 9.17) is 4.74 Å². The molecule has 1 radical (unpaired) electrons. The predicted octanol–water partition coefficient (Wildman–Crippen LogP) is 3.12. The van der Waals surface area contributed by atoms with Crippen molar-refractivity contribution in [3.63, 3.8) is 0 Å². The Balaban J connectivity index is 2.19. The van der Waals surface area contributed by atoms with Gasteiger partial charge in [-0.25, -0.2) is 9.97 Å². The molecule has 1 aromatic carbocycles. The molecule has 0 aliphatic heterocycles. The van der Waals surface area contributed by atoms with Crippen molar-refractivity contribution in [2.75, 3.05) is 0 Å². The first-order chi connectivity index (χ1) is 8.04. The molecular formula is C14H15N2O. The highest BCUT2D eigenvalue weighted by Crippen LogP contribution is 2.21. The third-order valence-corrected chi connectivity index (χ3v) is 2.05. The number of nitrogens with zero attached hydrogens (tertiary/aromatic N) is 2. The zero-order chi connectivity index (χ0) is 12.3. The zero-order valence-electron chi connectivity index (χ0n) is 10.3. The summed E-state index contributed by atoms with van der Waals surface area (Å²) in [6, 6.07) is 9.43. The Labute approximate surface area is 102 Å². The molecule has 0 fully saturated rings. The molecule has 2 aromatic rings. The Morgan fingerprint density at radius 2 is 1.82 bits per heavy atom. The zero-order valence-corrected chi connectivity index (χ0v) is 10.3. The molecule has 0 saturated carbocycles. The van der Waals surface area contributed by atoms with Gasteiger partial charge in [-0.2, -0.15) is 0 Å². The summed E-state index contributed by atoms with van der Waals surface area (Å²) in [5.74, 6) is 1.52. The van der Waals surface area contributed by atoms with E-state index in [0.29, 0.717) is 5.82 Å². The van der Waals surface area contributed by atoms with Crippen LogP contribution in [0.1, 0.15) is 20.8 Å². The van der Waals surface area contributed by atoms with Gasteiger partial charge in [0.05, 0.1) is 6.20 Å². The second kappa shape index (κ2) is 4.53. The summed E-state index contributed by atoms with van der Waals surface area (Å²) in [7, 11) is 0. The monoisotopic (exact) mass is 227 g/mol. The highest BCUT2D eigenvalue weighted by molar-refractivity contribution is 5.55. The van der Waals surface area contributed by atoms with E-state index in [-0.39, 0.29) is 5.60 Å². The molecule has 0 aliphatic carbocycles. The maximum atomic E-state index is 5.74. The average Bonchev–Trinajstić information content (AvgIpc) is 2.29. The smallest absolute Gasteiger partial charge is 0.159 e. The van der Waals surface area contributed by atoms with Gasteiger partial charge in [0.1, 0.15) is 11.4 Å². The molecular weight excluding hydrogens is 212 g/mol. The van der Waals surface area contributed by atoms with Crippen LogP contribution in [0.5, 0.6) is 5.75 Å². The van der Waals surface area contributed by atoms with E-state index in [0.717, 1.165) is 11.3 Å². The quantitative estimate of drug-likeness (QED) is 0.790. The van der Waals surface area contributed by atoms with Crippen molar-refractivity contribution in [3.8, 4) is 17.1 Å². The van der Waals surface area contributed by atoms with Crippen LogP contribution in [-0.2, 0) is 0 Å². The summed E-state index contributed by atoms with van der Waals surface area (Å²) in [6.07, 6.45) is 4.45. The van der Waals surface area contributed by atoms with E-state index in [1.165, 1.54) is 0 Å². The van der Waals surface area contributed by atoms with E-state index >= 15 is 0 Å². The summed E-state index contributed by atoms with van der Waals surface area (Å²) in [5.41, 5.74) is 0.779. The second-order valence-electron chi connectivity index (χ2n) is 4.75. The SMILES string of the molecule is CC(C)(C)Oc1ccc(-c2n[c]ccn2)cc1. The van der Waals surface area contributed by atoms with E-state index < -0.39 is 0 Å². The molecule has 3 nitrogen and oxygen atoms in total. The number of ether oxygens (including phenoxy) is 1. The van der Waals surface area contributed by atoms with E-state index in [2.05, 4.69) is 16.2 Å². The van der Waals surface area contributed by atoms with Crippen molar-refractivity contribution in [2.24, 2.45) is 0 Å². The van der Waals surface area contributed by atoms with Gasteiger partial charge in [0.15, 0.2) is 5.82 Å². The van der Waals surface area contributed by atoms with Crippen LogP contribution in [0.3, 0.4) is 0 Å². The third kappa shape index (κ3) is 3.28. The Morgan fingerprint density at radius 3 is 2.35 bits per heavy atom. The fourth-order valence-corrected chi connectivity index (χ4v) is 1.43. The van der Waals surface area contributed by atoms with Crippen LogP contribution in [-0.4, -0.2) is 15.6 Å². The van der Waals surface area contributed by atoms with Gasteiger partial charge >= 0.3 is 0 Å². The molecule has 87 valence electrons. The third-order valence-electron chi connectivity index (χ3n) is 2.05. The van der Waals surface area contributed by atoms with Crippen LogP contribution < -0.4 is 4.74 Å². The highest BCUT2D eigenvalue weighted by atomic mass is 16.5. The van der Waals surface area contributed by atoms with Crippen molar-refractivity contribution < 1.29 is 4.74 Å². The molecule has 0 bridgehead atoms. The van der Waals surface area contributed by atoms with Gasteiger partial charge in [-0.1, -0.05) is 0 Å².